The van der Waals surface area contributed by atoms with Gasteiger partial charge >= 0.3 is 0 Å². The molecule has 3 N–H and O–H groups in total. The quantitative estimate of drug-likeness (QED) is 0.873. The number of anilines is 2. The summed E-state index contributed by atoms with van der Waals surface area (Å²) in [6.07, 6.45) is 6.77. The molecule has 1 atom stereocenters. The van der Waals surface area contributed by atoms with Crippen LogP contribution < -0.4 is 11.1 Å². The molecule has 0 aromatic carbocycles. The van der Waals surface area contributed by atoms with E-state index in [0.717, 1.165) is 10.3 Å². The number of nitrogens with one attached hydrogen (secondary N) is 1. The fraction of sp³-hybridized carbons (Fsp3) is 0.615. The van der Waals surface area contributed by atoms with E-state index in [2.05, 4.69) is 40.1 Å². The SMILES string of the molecule is CC1(C)CCCC(Nc2ncc(Br)cc2N)C1. The molecule has 0 amide bonds. The van der Waals surface area contributed by atoms with Crippen molar-refractivity contribution in [3.05, 3.63) is 16.7 Å². The second kappa shape index (κ2) is 4.84. The Bertz CT molecular complexity index is 404. The summed E-state index contributed by atoms with van der Waals surface area (Å²) in [5.41, 5.74) is 7.09. The lowest BCUT2D eigenvalue weighted by molar-refractivity contribution is 0.229. The van der Waals surface area contributed by atoms with Crippen molar-refractivity contribution in [1.82, 2.24) is 4.98 Å². The van der Waals surface area contributed by atoms with Gasteiger partial charge in [-0.25, -0.2) is 4.98 Å². The second-order valence-electron chi connectivity index (χ2n) is 5.69. The third-order valence-corrected chi connectivity index (χ3v) is 3.86. The molecule has 1 unspecified atom stereocenters. The number of nitrogens with two attached hydrogens (primary N) is 1. The molecule has 2 rings (SSSR count). The van der Waals surface area contributed by atoms with Gasteiger partial charge in [0.25, 0.3) is 0 Å². The van der Waals surface area contributed by atoms with E-state index in [9.17, 15) is 0 Å². The van der Waals surface area contributed by atoms with E-state index in [1.165, 1.54) is 25.7 Å². The molecule has 17 heavy (non-hydrogen) atoms. The Hall–Kier alpha value is -0.770. The first-order valence-corrected chi connectivity index (χ1v) is 6.93. The van der Waals surface area contributed by atoms with Crippen LogP contribution in [0.5, 0.6) is 0 Å². The molecular weight excluding hydrogens is 278 g/mol. The third kappa shape index (κ3) is 3.35. The molecule has 3 nitrogen and oxygen atoms in total. The van der Waals surface area contributed by atoms with Crippen LogP contribution in [0, 0.1) is 5.41 Å². The molecular formula is C13H20BrN3. The van der Waals surface area contributed by atoms with E-state index in [4.69, 9.17) is 5.73 Å². The van der Waals surface area contributed by atoms with Gasteiger partial charge in [0.2, 0.25) is 0 Å². The van der Waals surface area contributed by atoms with Crippen LogP contribution in [0.25, 0.3) is 0 Å². The highest BCUT2D eigenvalue weighted by molar-refractivity contribution is 9.10. The van der Waals surface area contributed by atoms with Gasteiger partial charge in [-0.15, -0.1) is 0 Å². The highest BCUT2D eigenvalue weighted by atomic mass is 79.9. The van der Waals surface area contributed by atoms with E-state index in [1.54, 1.807) is 6.20 Å². The molecule has 1 saturated carbocycles. The van der Waals surface area contributed by atoms with Gasteiger partial charge in [0.05, 0.1) is 5.69 Å². The maximum absolute atomic E-state index is 5.95. The van der Waals surface area contributed by atoms with Crippen molar-refractivity contribution in [3.8, 4) is 0 Å². The fourth-order valence-corrected chi connectivity index (χ4v) is 2.94. The van der Waals surface area contributed by atoms with Crippen LogP contribution in [-0.2, 0) is 0 Å². The summed E-state index contributed by atoms with van der Waals surface area (Å²) in [7, 11) is 0. The number of aromatic nitrogens is 1. The standard InChI is InChI=1S/C13H20BrN3/c1-13(2)5-3-4-10(7-13)17-12-11(15)6-9(14)8-16-12/h6,8,10H,3-5,7,15H2,1-2H3,(H,16,17). The van der Waals surface area contributed by atoms with Crippen molar-refractivity contribution in [2.45, 2.75) is 45.6 Å². The summed E-state index contributed by atoms with van der Waals surface area (Å²) in [5, 5.41) is 3.48. The van der Waals surface area contributed by atoms with Crippen LogP contribution in [0.15, 0.2) is 16.7 Å². The van der Waals surface area contributed by atoms with Gasteiger partial charge in [-0.3, -0.25) is 0 Å². The molecule has 1 aliphatic rings. The molecule has 1 aromatic rings. The molecule has 0 aliphatic heterocycles. The van der Waals surface area contributed by atoms with E-state index in [-0.39, 0.29) is 0 Å². The average Bonchev–Trinajstić information content (AvgIpc) is 2.21. The lowest BCUT2D eigenvalue weighted by Gasteiger charge is -2.35. The van der Waals surface area contributed by atoms with Crippen LogP contribution >= 0.6 is 15.9 Å². The van der Waals surface area contributed by atoms with E-state index >= 15 is 0 Å². The molecule has 4 heteroatoms. The van der Waals surface area contributed by atoms with Gasteiger partial charge in [-0.05, 0) is 46.7 Å². The average molecular weight is 298 g/mol. The van der Waals surface area contributed by atoms with E-state index in [0.29, 0.717) is 17.1 Å². The fourth-order valence-electron chi connectivity index (χ4n) is 2.59. The number of nitrogens with zero attached hydrogens (tertiary/aromatic N) is 1. The van der Waals surface area contributed by atoms with Gasteiger partial charge in [0.1, 0.15) is 5.82 Å². The molecule has 0 radical (unpaired) electrons. The van der Waals surface area contributed by atoms with Crippen molar-refractivity contribution in [3.63, 3.8) is 0 Å². The zero-order chi connectivity index (χ0) is 12.5. The molecule has 1 aromatic heterocycles. The number of pyridine rings is 1. The topological polar surface area (TPSA) is 50.9 Å². The highest BCUT2D eigenvalue weighted by Gasteiger charge is 2.28. The first-order valence-electron chi connectivity index (χ1n) is 6.14. The second-order valence-corrected chi connectivity index (χ2v) is 6.61. The Balaban J connectivity index is 2.05. The van der Waals surface area contributed by atoms with Crippen LogP contribution in [0.3, 0.4) is 0 Å². The number of hydrogen-bond donors (Lipinski definition) is 2. The summed E-state index contributed by atoms with van der Waals surface area (Å²) in [5.74, 6) is 0.816. The van der Waals surface area contributed by atoms with Crippen molar-refractivity contribution in [1.29, 1.82) is 0 Å². The zero-order valence-corrected chi connectivity index (χ0v) is 12.0. The maximum atomic E-state index is 5.95. The minimum atomic E-state index is 0.431. The molecule has 0 spiro atoms. The number of halogens is 1. The Morgan fingerprint density at radius 3 is 2.94 bits per heavy atom. The monoisotopic (exact) mass is 297 g/mol. The van der Waals surface area contributed by atoms with Crippen LogP contribution in [0.4, 0.5) is 11.5 Å². The first-order chi connectivity index (χ1) is 7.96. The summed E-state index contributed by atoms with van der Waals surface area (Å²) in [4.78, 5) is 4.34. The molecule has 0 saturated heterocycles. The van der Waals surface area contributed by atoms with Gasteiger partial charge in [0, 0.05) is 16.7 Å². The predicted octanol–water partition coefficient (Wildman–Crippen LogP) is 3.81. The molecule has 1 aliphatic carbocycles. The largest absolute Gasteiger partial charge is 0.396 e. The van der Waals surface area contributed by atoms with Crippen LogP contribution in [0.1, 0.15) is 39.5 Å². The van der Waals surface area contributed by atoms with Crippen LogP contribution in [0.2, 0.25) is 0 Å². The first kappa shape index (κ1) is 12.7. The highest BCUT2D eigenvalue weighted by Crippen LogP contribution is 2.36. The smallest absolute Gasteiger partial charge is 0.149 e. The normalized spacial score (nSPS) is 23.4. The number of rotatable bonds is 2. The van der Waals surface area contributed by atoms with Crippen molar-refractivity contribution in [2.24, 2.45) is 5.41 Å². The van der Waals surface area contributed by atoms with Gasteiger partial charge in [-0.1, -0.05) is 20.3 Å². The Labute approximate surface area is 111 Å². The van der Waals surface area contributed by atoms with Gasteiger partial charge in [-0.2, -0.15) is 0 Å². The Morgan fingerprint density at radius 1 is 1.53 bits per heavy atom. The predicted molar refractivity (Wildman–Crippen MR) is 76.0 cm³/mol. The van der Waals surface area contributed by atoms with Crippen molar-refractivity contribution >= 4 is 27.4 Å². The van der Waals surface area contributed by atoms with Gasteiger partial charge in [0.15, 0.2) is 0 Å². The summed E-state index contributed by atoms with van der Waals surface area (Å²) in [6, 6.07) is 2.39. The summed E-state index contributed by atoms with van der Waals surface area (Å²) < 4.78 is 0.921. The lowest BCUT2D eigenvalue weighted by atomic mass is 9.75. The molecule has 94 valence electrons. The molecule has 1 fully saturated rings. The van der Waals surface area contributed by atoms with E-state index < -0.39 is 0 Å². The summed E-state index contributed by atoms with van der Waals surface area (Å²) in [6.45, 7) is 4.67. The molecule has 1 heterocycles. The third-order valence-electron chi connectivity index (χ3n) is 3.43. The minimum Gasteiger partial charge on any atom is -0.396 e. The minimum absolute atomic E-state index is 0.431. The zero-order valence-electron chi connectivity index (χ0n) is 10.5. The van der Waals surface area contributed by atoms with E-state index in [1.807, 2.05) is 6.07 Å². The Morgan fingerprint density at radius 2 is 2.29 bits per heavy atom. The molecule has 0 bridgehead atoms. The number of hydrogen-bond acceptors (Lipinski definition) is 3. The Kier molecular flexibility index (Phi) is 3.61. The van der Waals surface area contributed by atoms with Gasteiger partial charge < -0.3 is 11.1 Å². The number of nitrogen functional groups attached to an aromatic ring is 1. The summed E-state index contributed by atoms with van der Waals surface area (Å²) >= 11 is 3.37. The van der Waals surface area contributed by atoms with Crippen LogP contribution in [-0.4, -0.2) is 11.0 Å². The van der Waals surface area contributed by atoms with Crippen molar-refractivity contribution < 1.29 is 0 Å². The maximum Gasteiger partial charge on any atom is 0.149 e. The van der Waals surface area contributed by atoms with Crippen molar-refractivity contribution in [2.75, 3.05) is 11.1 Å². The lowest BCUT2D eigenvalue weighted by Crippen LogP contribution is -2.32.